The van der Waals surface area contributed by atoms with Crippen molar-refractivity contribution in [3.63, 3.8) is 0 Å². The van der Waals surface area contributed by atoms with E-state index in [1.807, 2.05) is 6.92 Å². The zero-order chi connectivity index (χ0) is 14.3. The fourth-order valence-corrected chi connectivity index (χ4v) is 2.10. The van der Waals surface area contributed by atoms with Crippen LogP contribution in [0.5, 0.6) is 0 Å². The maximum atomic E-state index is 5.90. The summed E-state index contributed by atoms with van der Waals surface area (Å²) in [6, 6.07) is 6.26. The lowest BCUT2D eigenvalue weighted by Crippen LogP contribution is -2.28. The predicted molar refractivity (Wildman–Crippen MR) is 86.7 cm³/mol. The predicted octanol–water partition coefficient (Wildman–Crippen LogP) is 2.43. The summed E-state index contributed by atoms with van der Waals surface area (Å²) in [6.07, 6.45) is 1.89. The Labute approximate surface area is 120 Å². The van der Waals surface area contributed by atoms with Gasteiger partial charge in [-0.15, -0.1) is 0 Å². The highest BCUT2D eigenvalue weighted by Crippen LogP contribution is 2.22. The van der Waals surface area contributed by atoms with E-state index in [1.165, 1.54) is 11.1 Å². The van der Waals surface area contributed by atoms with E-state index < -0.39 is 0 Å². The number of guanidine groups is 1. The Morgan fingerprint density at radius 2 is 1.79 bits per heavy atom. The van der Waals surface area contributed by atoms with Gasteiger partial charge in [-0.2, -0.15) is 4.99 Å². The second-order valence-corrected chi connectivity index (χ2v) is 4.50. The second kappa shape index (κ2) is 7.74. The number of benzene rings is 1. The van der Waals surface area contributed by atoms with E-state index in [0.29, 0.717) is 11.1 Å². The normalized spacial score (nSPS) is 11.2. The molecule has 5 heteroatoms. The highest BCUT2D eigenvalue weighted by Gasteiger charge is 2.07. The molecule has 0 amide bonds. The summed E-state index contributed by atoms with van der Waals surface area (Å²) >= 11 is 5.05. The van der Waals surface area contributed by atoms with Gasteiger partial charge in [-0.3, -0.25) is 0 Å². The molecule has 4 N–H and O–H groups in total. The van der Waals surface area contributed by atoms with E-state index in [0.717, 1.165) is 25.1 Å². The molecule has 0 unspecified atom stereocenters. The van der Waals surface area contributed by atoms with Crippen molar-refractivity contribution in [3.05, 3.63) is 29.3 Å². The molecule has 0 atom stereocenters. The van der Waals surface area contributed by atoms with Crippen LogP contribution in [0.3, 0.4) is 0 Å². The summed E-state index contributed by atoms with van der Waals surface area (Å²) in [7, 11) is 0. The lowest BCUT2D eigenvalue weighted by molar-refractivity contribution is 0.972. The first kappa shape index (κ1) is 15.4. The molecule has 0 fully saturated rings. The van der Waals surface area contributed by atoms with E-state index in [9.17, 15) is 0 Å². The number of aliphatic imine (C=N–C) groups is 1. The minimum atomic E-state index is 0.321. The van der Waals surface area contributed by atoms with Gasteiger partial charge in [0.2, 0.25) is 5.96 Å². The van der Waals surface area contributed by atoms with Crippen LogP contribution in [0.2, 0.25) is 0 Å². The van der Waals surface area contributed by atoms with Gasteiger partial charge in [0.15, 0.2) is 5.11 Å². The molecule has 4 nitrogen and oxygen atoms in total. The van der Waals surface area contributed by atoms with Gasteiger partial charge in [-0.1, -0.05) is 32.0 Å². The molecule has 0 aromatic heterocycles. The number of hydrogen-bond donors (Lipinski definition) is 3. The van der Waals surface area contributed by atoms with Gasteiger partial charge in [0.25, 0.3) is 0 Å². The van der Waals surface area contributed by atoms with Gasteiger partial charge >= 0.3 is 0 Å². The zero-order valence-electron chi connectivity index (χ0n) is 11.8. The highest BCUT2D eigenvalue weighted by molar-refractivity contribution is 7.80. The number of nitrogens with two attached hydrogens (primary N) is 1. The molecule has 1 aromatic rings. The average Bonchev–Trinajstić information content (AvgIpc) is 2.39. The van der Waals surface area contributed by atoms with Crippen LogP contribution in [-0.2, 0) is 12.8 Å². The number of nitrogens with one attached hydrogen (secondary N) is 2. The van der Waals surface area contributed by atoms with Crippen LogP contribution >= 0.6 is 12.2 Å². The van der Waals surface area contributed by atoms with E-state index in [-0.39, 0.29) is 0 Å². The monoisotopic (exact) mass is 278 g/mol. The van der Waals surface area contributed by atoms with Crippen molar-refractivity contribution in [1.82, 2.24) is 5.32 Å². The van der Waals surface area contributed by atoms with Crippen LogP contribution in [0, 0.1) is 0 Å². The number of nitrogens with zero attached hydrogens (tertiary/aromatic N) is 1. The Morgan fingerprint density at radius 1 is 1.21 bits per heavy atom. The van der Waals surface area contributed by atoms with Crippen LogP contribution in [0.4, 0.5) is 5.69 Å². The first-order valence-electron chi connectivity index (χ1n) is 6.62. The highest BCUT2D eigenvalue weighted by atomic mass is 32.1. The van der Waals surface area contributed by atoms with Crippen molar-refractivity contribution < 1.29 is 0 Å². The minimum Gasteiger partial charge on any atom is -0.369 e. The number of para-hydroxylation sites is 1. The molecular weight excluding hydrogens is 256 g/mol. The van der Waals surface area contributed by atoms with Gasteiger partial charge in [0.1, 0.15) is 0 Å². The Balaban J connectivity index is 2.95. The van der Waals surface area contributed by atoms with Crippen LogP contribution < -0.4 is 16.4 Å². The summed E-state index contributed by atoms with van der Waals surface area (Å²) < 4.78 is 0. The van der Waals surface area contributed by atoms with Crippen LogP contribution in [0.15, 0.2) is 23.2 Å². The molecule has 0 radical (unpaired) electrons. The topological polar surface area (TPSA) is 62.4 Å². The third kappa shape index (κ3) is 4.52. The molecule has 0 bridgehead atoms. The maximum Gasteiger partial charge on any atom is 0.200 e. The second-order valence-electron chi connectivity index (χ2n) is 4.12. The maximum absolute atomic E-state index is 5.90. The lowest BCUT2D eigenvalue weighted by atomic mass is 10.0. The first-order chi connectivity index (χ1) is 9.12. The van der Waals surface area contributed by atoms with E-state index in [2.05, 4.69) is 47.7 Å². The molecule has 0 aliphatic carbocycles. The molecule has 0 saturated carbocycles. The number of rotatable bonds is 4. The first-order valence-corrected chi connectivity index (χ1v) is 7.02. The third-order valence-electron chi connectivity index (χ3n) is 2.80. The van der Waals surface area contributed by atoms with Crippen LogP contribution in [-0.4, -0.2) is 17.6 Å². The number of hydrogen-bond acceptors (Lipinski definition) is 1. The van der Waals surface area contributed by atoms with Crippen molar-refractivity contribution in [3.8, 4) is 0 Å². The molecule has 19 heavy (non-hydrogen) atoms. The SMILES string of the molecule is CCNC(=S)N=C(N)Nc1c(CC)cccc1CC. The Kier molecular flexibility index (Phi) is 6.29. The Morgan fingerprint density at radius 3 is 2.26 bits per heavy atom. The molecule has 0 spiro atoms. The minimum absolute atomic E-state index is 0.321. The van der Waals surface area contributed by atoms with Crippen molar-refractivity contribution in [2.75, 3.05) is 11.9 Å². The molecule has 1 aromatic carbocycles. The van der Waals surface area contributed by atoms with E-state index >= 15 is 0 Å². The molecule has 0 aliphatic rings. The number of thiocarbonyl (C=S) groups is 1. The summed E-state index contributed by atoms with van der Waals surface area (Å²) in [5, 5.41) is 6.52. The molecule has 0 heterocycles. The van der Waals surface area contributed by atoms with Crippen molar-refractivity contribution in [1.29, 1.82) is 0 Å². The average molecular weight is 278 g/mol. The summed E-state index contributed by atoms with van der Waals surface area (Å²) in [5.41, 5.74) is 9.40. The summed E-state index contributed by atoms with van der Waals surface area (Å²) in [6.45, 7) is 6.95. The van der Waals surface area contributed by atoms with Gasteiger partial charge in [-0.25, -0.2) is 0 Å². The van der Waals surface area contributed by atoms with Gasteiger partial charge < -0.3 is 16.4 Å². The number of anilines is 1. The molecule has 0 saturated heterocycles. The summed E-state index contributed by atoms with van der Waals surface area (Å²) in [5.74, 6) is 0.321. The fourth-order valence-electron chi connectivity index (χ4n) is 1.86. The lowest BCUT2D eigenvalue weighted by Gasteiger charge is -2.14. The Hall–Kier alpha value is -1.62. The van der Waals surface area contributed by atoms with Crippen molar-refractivity contribution in [2.24, 2.45) is 10.7 Å². The van der Waals surface area contributed by atoms with Gasteiger partial charge in [0, 0.05) is 12.2 Å². The number of aryl methyl sites for hydroxylation is 2. The largest absolute Gasteiger partial charge is 0.369 e. The molecule has 1 rings (SSSR count). The molecule has 104 valence electrons. The molecular formula is C14H22N4S. The van der Waals surface area contributed by atoms with E-state index in [4.69, 9.17) is 18.0 Å². The Bertz CT molecular complexity index is 446. The standard InChI is InChI=1S/C14H22N4S/c1-4-10-8-7-9-11(5-2)12(10)17-13(15)18-14(19)16-6-3/h7-9H,4-6H2,1-3H3,(H4,15,16,17,18,19). The zero-order valence-corrected chi connectivity index (χ0v) is 12.6. The van der Waals surface area contributed by atoms with Crippen LogP contribution in [0.1, 0.15) is 31.9 Å². The molecule has 0 aliphatic heterocycles. The van der Waals surface area contributed by atoms with E-state index in [1.54, 1.807) is 0 Å². The van der Waals surface area contributed by atoms with Crippen molar-refractivity contribution in [2.45, 2.75) is 33.6 Å². The van der Waals surface area contributed by atoms with Gasteiger partial charge in [-0.05, 0) is 43.1 Å². The van der Waals surface area contributed by atoms with Crippen molar-refractivity contribution >= 4 is 29.0 Å². The fraction of sp³-hybridized carbons (Fsp3) is 0.429. The quantitative estimate of drug-likeness (QED) is 0.450. The van der Waals surface area contributed by atoms with Gasteiger partial charge in [0.05, 0.1) is 0 Å². The third-order valence-corrected chi connectivity index (χ3v) is 3.04. The smallest absolute Gasteiger partial charge is 0.200 e. The van der Waals surface area contributed by atoms with Crippen LogP contribution in [0.25, 0.3) is 0 Å². The summed E-state index contributed by atoms with van der Waals surface area (Å²) in [4.78, 5) is 4.12.